The maximum Gasteiger partial charge on any atom is 0.316 e. The van der Waals surface area contributed by atoms with Crippen molar-refractivity contribution in [2.75, 3.05) is 0 Å². The first-order valence-electron chi connectivity index (χ1n) is 7.34. The van der Waals surface area contributed by atoms with Gasteiger partial charge in [-0.2, -0.15) is 0 Å². The molecule has 112 valence electrons. The highest BCUT2D eigenvalue weighted by Crippen LogP contribution is 2.34. The highest BCUT2D eigenvalue weighted by Gasteiger charge is 2.26. The van der Waals surface area contributed by atoms with Gasteiger partial charge in [0, 0.05) is 23.3 Å². The zero-order valence-electron chi connectivity index (χ0n) is 13.0. The molecule has 3 heteroatoms. The van der Waals surface area contributed by atoms with Crippen LogP contribution in [0.1, 0.15) is 20.8 Å². The third-order valence-corrected chi connectivity index (χ3v) is 3.51. The molecular weight excluding hydrogens is 274 g/mol. The van der Waals surface area contributed by atoms with Crippen LogP contribution < -0.4 is 4.74 Å². The molecule has 3 aromatic rings. The van der Waals surface area contributed by atoms with Crippen molar-refractivity contribution in [1.82, 2.24) is 4.40 Å². The van der Waals surface area contributed by atoms with E-state index in [0.29, 0.717) is 5.75 Å². The SMILES string of the molecule is CC(C)(C)C(=O)Oc1cc2ccccn2c1-c1ccccc1. The lowest BCUT2D eigenvalue weighted by Gasteiger charge is -2.16. The fourth-order valence-electron chi connectivity index (χ4n) is 2.31. The van der Waals surface area contributed by atoms with Crippen molar-refractivity contribution in [3.8, 4) is 17.0 Å². The summed E-state index contributed by atoms with van der Waals surface area (Å²) in [6.07, 6.45) is 1.98. The van der Waals surface area contributed by atoms with Crippen molar-refractivity contribution in [1.29, 1.82) is 0 Å². The van der Waals surface area contributed by atoms with Gasteiger partial charge in [-0.15, -0.1) is 0 Å². The van der Waals surface area contributed by atoms with Crippen molar-refractivity contribution in [3.05, 3.63) is 60.8 Å². The summed E-state index contributed by atoms with van der Waals surface area (Å²) >= 11 is 0. The normalized spacial score (nSPS) is 11.6. The monoisotopic (exact) mass is 293 g/mol. The van der Waals surface area contributed by atoms with Gasteiger partial charge < -0.3 is 9.14 Å². The Morgan fingerprint density at radius 3 is 2.36 bits per heavy atom. The molecule has 0 radical (unpaired) electrons. The number of pyridine rings is 1. The number of rotatable bonds is 2. The van der Waals surface area contributed by atoms with Crippen LogP contribution in [0.3, 0.4) is 0 Å². The van der Waals surface area contributed by atoms with E-state index in [2.05, 4.69) is 0 Å². The number of carbonyl (C=O) groups is 1. The van der Waals surface area contributed by atoms with Crippen molar-refractivity contribution in [3.63, 3.8) is 0 Å². The van der Waals surface area contributed by atoms with Crippen molar-refractivity contribution in [2.45, 2.75) is 20.8 Å². The Morgan fingerprint density at radius 2 is 1.68 bits per heavy atom. The average molecular weight is 293 g/mol. The van der Waals surface area contributed by atoms with Gasteiger partial charge in [-0.05, 0) is 32.9 Å². The fourth-order valence-corrected chi connectivity index (χ4v) is 2.31. The number of aromatic nitrogens is 1. The number of nitrogens with zero attached hydrogens (tertiary/aromatic N) is 1. The maximum atomic E-state index is 12.3. The molecule has 0 atom stereocenters. The van der Waals surface area contributed by atoms with E-state index in [1.165, 1.54) is 0 Å². The van der Waals surface area contributed by atoms with Crippen LogP contribution in [0, 0.1) is 5.41 Å². The van der Waals surface area contributed by atoms with Gasteiger partial charge >= 0.3 is 5.97 Å². The summed E-state index contributed by atoms with van der Waals surface area (Å²) in [5.74, 6) is 0.359. The van der Waals surface area contributed by atoms with Gasteiger partial charge in [0.15, 0.2) is 5.75 Å². The minimum Gasteiger partial charge on any atom is -0.424 e. The van der Waals surface area contributed by atoms with Gasteiger partial charge in [0.1, 0.15) is 0 Å². The molecule has 3 rings (SSSR count). The second-order valence-corrected chi connectivity index (χ2v) is 6.36. The van der Waals surface area contributed by atoms with Gasteiger partial charge in [0.2, 0.25) is 0 Å². The van der Waals surface area contributed by atoms with Gasteiger partial charge in [-0.3, -0.25) is 4.79 Å². The molecule has 0 unspecified atom stereocenters. The van der Waals surface area contributed by atoms with Crippen LogP contribution in [0.25, 0.3) is 16.8 Å². The molecule has 0 aliphatic heterocycles. The number of hydrogen-bond acceptors (Lipinski definition) is 2. The number of fused-ring (bicyclic) bond motifs is 1. The topological polar surface area (TPSA) is 30.7 Å². The number of esters is 1. The van der Waals surface area contributed by atoms with E-state index in [1.54, 1.807) is 0 Å². The standard InChI is InChI=1S/C19H19NO2/c1-19(2,3)18(21)22-16-13-15-11-7-8-12-20(15)17(16)14-9-5-4-6-10-14/h4-13H,1-3H3. The lowest BCUT2D eigenvalue weighted by atomic mass is 9.97. The largest absolute Gasteiger partial charge is 0.424 e. The number of carbonyl (C=O) groups excluding carboxylic acids is 1. The molecule has 0 amide bonds. The summed E-state index contributed by atoms with van der Waals surface area (Å²) in [4.78, 5) is 12.3. The van der Waals surface area contributed by atoms with E-state index in [9.17, 15) is 4.79 Å². The maximum absolute atomic E-state index is 12.3. The number of benzene rings is 1. The zero-order valence-corrected chi connectivity index (χ0v) is 13.0. The predicted molar refractivity (Wildman–Crippen MR) is 87.9 cm³/mol. The minimum atomic E-state index is -0.540. The number of ether oxygens (including phenoxy) is 1. The molecule has 22 heavy (non-hydrogen) atoms. The predicted octanol–water partition coefficient (Wildman–Crippen LogP) is 4.56. The van der Waals surface area contributed by atoms with Crippen molar-refractivity contribution >= 4 is 11.5 Å². The van der Waals surface area contributed by atoms with Gasteiger partial charge in [-0.25, -0.2) is 0 Å². The smallest absolute Gasteiger partial charge is 0.316 e. The summed E-state index contributed by atoms with van der Waals surface area (Å²) < 4.78 is 7.73. The van der Waals surface area contributed by atoms with Crippen molar-refractivity contribution in [2.24, 2.45) is 5.41 Å². The van der Waals surface area contributed by atoms with Gasteiger partial charge in [-0.1, -0.05) is 36.4 Å². The minimum absolute atomic E-state index is 0.236. The van der Waals surface area contributed by atoms with Crippen LogP contribution in [0.5, 0.6) is 5.75 Å². The molecule has 0 saturated carbocycles. The second-order valence-electron chi connectivity index (χ2n) is 6.36. The highest BCUT2D eigenvalue weighted by atomic mass is 16.5. The first kappa shape index (κ1) is 14.4. The van der Waals surface area contributed by atoms with Crippen LogP contribution in [0.15, 0.2) is 60.8 Å². The quantitative estimate of drug-likeness (QED) is 0.649. The molecular formula is C19H19NO2. The highest BCUT2D eigenvalue weighted by molar-refractivity contribution is 5.83. The van der Waals surface area contributed by atoms with Crippen LogP contribution in [-0.4, -0.2) is 10.4 Å². The van der Waals surface area contributed by atoms with Crippen LogP contribution in [-0.2, 0) is 4.79 Å². The Morgan fingerprint density at radius 1 is 1.00 bits per heavy atom. The lowest BCUT2D eigenvalue weighted by molar-refractivity contribution is -0.142. The average Bonchev–Trinajstić information content (AvgIpc) is 2.85. The Labute approximate surface area is 130 Å². The summed E-state index contributed by atoms with van der Waals surface area (Å²) in [6, 6.07) is 17.8. The molecule has 2 heterocycles. The molecule has 0 N–H and O–H groups in total. The second kappa shape index (κ2) is 5.34. The molecule has 3 nitrogen and oxygen atoms in total. The number of hydrogen-bond donors (Lipinski definition) is 0. The molecule has 0 aliphatic rings. The Balaban J connectivity index is 2.16. The third kappa shape index (κ3) is 2.62. The summed E-state index contributed by atoms with van der Waals surface area (Å²) in [6.45, 7) is 5.56. The van der Waals surface area contributed by atoms with E-state index in [4.69, 9.17) is 4.74 Å². The summed E-state index contributed by atoms with van der Waals surface area (Å²) in [5.41, 5.74) is 2.37. The van der Waals surface area contributed by atoms with Crippen LogP contribution >= 0.6 is 0 Å². The fraction of sp³-hybridized carbons (Fsp3) is 0.211. The Hall–Kier alpha value is -2.55. The Bertz CT molecular complexity index is 810. The summed E-state index contributed by atoms with van der Waals surface area (Å²) in [5, 5.41) is 0. The van der Waals surface area contributed by atoms with E-state index < -0.39 is 5.41 Å². The zero-order chi connectivity index (χ0) is 15.7. The van der Waals surface area contributed by atoms with E-state index >= 15 is 0 Å². The molecule has 0 fully saturated rings. The van der Waals surface area contributed by atoms with E-state index in [1.807, 2.05) is 86.0 Å². The van der Waals surface area contributed by atoms with E-state index in [-0.39, 0.29) is 5.97 Å². The molecule has 0 spiro atoms. The van der Waals surface area contributed by atoms with Crippen molar-refractivity contribution < 1.29 is 9.53 Å². The van der Waals surface area contributed by atoms with E-state index in [0.717, 1.165) is 16.8 Å². The van der Waals surface area contributed by atoms with Crippen LogP contribution in [0.4, 0.5) is 0 Å². The van der Waals surface area contributed by atoms with Gasteiger partial charge in [0.05, 0.1) is 11.1 Å². The summed E-state index contributed by atoms with van der Waals surface area (Å²) in [7, 11) is 0. The Kier molecular flexibility index (Phi) is 3.49. The molecule has 0 saturated heterocycles. The molecule has 2 aromatic heterocycles. The first-order chi connectivity index (χ1) is 10.5. The molecule has 0 bridgehead atoms. The third-order valence-electron chi connectivity index (χ3n) is 3.51. The molecule has 1 aromatic carbocycles. The molecule has 0 aliphatic carbocycles. The first-order valence-corrected chi connectivity index (χ1v) is 7.34. The lowest BCUT2D eigenvalue weighted by Crippen LogP contribution is -2.25. The van der Waals surface area contributed by atoms with Crippen LogP contribution in [0.2, 0.25) is 0 Å². The van der Waals surface area contributed by atoms with Gasteiger partial charge in [0.25, 0.3) is 0 Å².